The van der Waals surface area contributed by atoms with Crippen LogP contribution >= 0.6 is 11.8 Å². The molecule has 3 heteroatoms. The standard InChI is InChI=1S/C73H56N2S/c1-6-7-23-60-57-26-13-16-29-63(57)73(64-30-17-19-32-68(64)76-69-33-20-18-31-65(69)73)70(60)75(54-43-45-59-56-25-12-15-28-62(56)72(4,5)67(59)47-54)52-40-36-49(37-41-52)48-34-38-51(39-35-48)74(50-21-9-8-10-22-50)53-42-44-58-55-24-11-14-27-61(55)71(2,3)66(58)46-53/h6-47H,1H2,2-5H3/b23-7-. The Labute approximate surface area is 451 Å². The summed E-state index contributed by atoms with van der Waals surface area (Å²) in [6, 6.07) is 88.5. The van der Waals surface area contributed by atoms with Crippen molar-refractivity contribution in [2.24, 2.45) is 0 Å². The lowest BCUT2D eigenvalue weighted by Crippen LogP contribution is -2.39. The minimum Gasteiger partial charge on any atom is -0.312 e. The molecule has 0 amide bonds. The maximum Gasteiger partial charge on any atom is 0.0891 e. The number of fused-ring (bicyclic) bond motifs is 12. The molecular formula is C73H56N2S. The van der Waals surface area contributed by atoms with E-state index in [0.29, 0.717) is 0 Å². The normalized spacial score (nSPS) is 15.3. The molecule has 0 saturated carbocycles. The number of rotatable bonds is 9. The number of para-hydroxylation sites is 1. The molecule has 0 aromatic heterocycles. The number of benzene rings is 10. The molecule has 2 nitrogen and oxygen atoms in total. The van der Waals surface area contributed by atoms with Crippen LogP contribution in [-0.2, 0) is 16.2 Å². The van der Waals surface area contributed by atoms with Gasteiger partial charge in [0.05, 0.1) is 11.1 Å². The molecule has 3 aliphatic carbocycles. The Morgan fingerprint density at radius 3 is 1.28 bits per heavy atom. The Hall–Kier alpha value is -8.63. The zero-order valence-electron chi connectivity index (χ0n) is 43.3. The molecule has 0 saturated heterocycles. The second kappa shape index (κ2) is 17.5. The van der Waals surface area contributed by atoms with Crippen LogP contribution in [0.4, 0.5) is 28.4 Å². The summed E-state index contributed by atoms with van der Waals surface area (Å²) in [5.74, 6) is 0. The molecule has 1 heterocycles. The predicted octanol–water partition coefficient (Wildman–Crippen LogP) is 19.5. The van der Waals surface area contributed by atoms with E-state index >= 15 is 0 Å². The van der Waals surface area contributed by atoms with Crippen LogP contribution in [0.3, 0.4) is 0 Å². The zero-order chi connectivity index (χ0) is 51.3. The van der Waals surface area contributed by atoms with Gasteiger partial charge in [-0.25, -0.2) is 0 Å². The highest BCUT2D eigenvalue weighted by Gasteiger charge is 2.54. The summed E-state index contributed by atoms with van der Waals surface area (Å²) in [5.41, 5.74) is 25.1. The first-order valence-electron chi connectivity index (χ1n) is 26.5. The summed E-state index contributed by atoms with van der Waals surface area (Å²) in [7, 11) is 0. The van der Waals surface area contributed by atoms with Gasteiger partial charge in [-0.05, 0) is 151 Å². The number of allylic oxidation sites excluding steroid dienone is 5. The second-order valence-electron chi connectivity index (χ2n) is 21.6. The van der Waals surface area contributed by atoms with Crippen LogP contribution in [0.25, 0.3) is 39.0 Å². The highest BCUT2D eigenvalue weighted by molar-refractivity contribution is 7.99. The van der Waals surface area contributed by atoms with Gasteiger partial charge >= 0.3 is 0 Å². The van der Waals surface area contributed by atoms with E-state index in [1.165, 1.54) is 87.8 Å². The minimum absolute atomic E-state index is 0.105. The Morgan fingerprint density at radius 2 is 0.750 bits per heavy atom. The van der Waals surface area contributed by atoms with Crippen molar-refractivity contribution in [3.05, 3.63) is 312 Å². The fourth-order valence-electron chi connectivity index (χ4n) is 13.4. The zero-order valence-corrected chi connectivity index (χ0v) is 44.1. The van der Waals surface area contributed by atoms with Gasteiger partial charge in [0.1, 0.15) is 0 Å². The Kier molecular flexibility index (Phi) is 10.6. The van der Waals surface area contributed by atoms with E-state index in [4.69, 9.17) is 0 Å². The highest BCUT2D eigenvalue weighted by atomic mass is 32.2. The topological polar surface area (TPSA) is 6.48 Å². The Balaban J connectivity index is 0.928. The van der Waals surface area contributed by atoms with Gasteiger partial charge in [-0.2, -0.15) is 0 Å². The number of nitrogens with zero attached hydrogens (tertiary/aromatic N) is 2. The van der Waals surface area contributed by atoms with Crippen LogP contribution in [0.15, 0.2) is 277 Å². The van der Waals surface area contributed by atoms with E-state index < -0.39 is 5.41 Å². The van der Waals surface area contributed by atoms with Crippen LogP contribution in [0, 0.1) is 0 Å². The molecule has 10 aromatic carbocycles. The molecule has 76 heavy (non-hydrogen) atoms. The number of hydrogen-bond acceptors (Lipinski definition) is 3. The number of hydrogen-bond donors (Lipinski definition) is 0. The molecule has 1 aliphatic heterocycles. The van der Waals surface area contributed by atoms with Gasteiger partial charge < -0.3 is 9.80 Å². The van der Waals surface area contributed by atoms with Crippen molar-refractivity contribution in [2.45, 2.75) is 53.7 Å². The predicted molar refractivity (Wildman–Crippen MR) is 320 cm³/mol. The van der Waals surface area contributed by atoms with E-state index in [0.717, 1.165) is 39.6 Å². The third-order valence-corrected chi connectivity index (χ3v) is 18.1. The molecule has 4 aliphatic rings. The Bertz CT molecular complexity index is 4000. The fraction of sp³-hybridized carbons (Fsp3) is 0.0959. The van der Waals surface area contributed by atoms with Gasteiger partial charge in [0.25, 0.3) is 0 Å². The summed E-state index contributed by atoms with van der Waals surface area (Å²) in [6.07, 6.45) is 6.30. The second-order valence-corrected chi connectivity index (χ2v) is 22.7. The summed E-state index contributed by atoms with van der Waals surface area (Å²) in [4.78, 5) is 7.51. The van der Waals surface area contributed by atoms with E-state index in [9.17, 15) is 0 Å². The maximum atomic E-state index is 4.19. The lowest BCUT2D eigenvalue weighted by atomic mass is 9.68. The van der Waals surface area contributed by atoms with Crippen LogP contribution in [0.5, 0.6) is 0 Å². The average molecular weight is 993 g/mol. The molecule has 0 unspecified atom stereocenters. The van der Waals surface area contributed by atoms with E-state index in [1.54, 1.807) is 0 Å². The molecule has 1 spiro atoms. The SMILES string of the molecule is C=C/C=C\C1=C(N(c2ccc(-c3ccc(N(c4ccccc4)c4ccc5c(c4)C(C)(C)c4ccccc4-5)cc3)cc2)c2ccc3c(c2)C(C)(C)c2ccccc2-3)C2(c3ccccc3Sc3ccccc32)c2ccccc21. The molecule has 0 radical (unpaired) electrons. The molecule has 0 fully saturated rings. The molecule has 364 valence electrons. The summed E-state index contributed by atoms with van der Waals surface area (Å²) < 4.78 is 0. The van der Waals surface area contributed by atoms with Crippen LogP contribution < -0.4 is 9.80 Å². The molecule has 14 rings (SSSR count). The van der Waals surface area contributed by atoms with Gasteiger partial charge in [-0.1, -0.05) is 228 Å². The first-order valence-corrected chi connectivity index (χ1v) is 27.3. The summed E-state index contributed by atoms with van der Waals surface area (Å²) in [6.45, 7) is 13.7. The van der Waals surface area contributed by atoms with E-state index in [2.05, 4.69) is 293 Å². The first-order chi connectivity index (χ1) is 37.2. The lowest BCUT2D eigenvalue weighted by molar-refractivity contribution is 0.659. The first kappa shape index (κ1) is 45.9. The van der Waals surface area contributed by atoms with Gasteiger partial charge in [0.2, 0.25) is 0 Å². The monoisotopic (exact) mass is 992 g/mol. The largest absolute Gasteiger partial charge is 0.312 e. The molecule has 0 atom stereocenters. The van der Waals surface area contributed by atoms with Gasteiger partial charge in [0, 0.05) is 54.6 Å². The van der Waals surface area contributed by atoms with E-state index in [1.807, 2.05) is 17.8 Å². The van der Waals surface area contributed by atoms with Crippen molar-refractivity contribution in [1.82, 2.24) is 0 Å². The van der Waals surface area contributed by atoms with Crippen LogP contribution in [0.1, 0.15) is 72.2 Å². The highest BCUT2D eigenvalue weighted by Crippen LogP contribution is 2.64. The average Bonchev–Trinajstić information content (AvgIpc) is 4.15. The van der Waals surface area contributed by atoms with Crippen molar-refractivity contribution < 1.29 is 0 Å². The quantitative estimate of drug-likeness (QED) is 0.133. The fourth-order valence-corrected chi connectivity index (χ4v) is 14.6. The summed E-state index contributed by atoms with van der Waals surface area (Å²) >= 11 is 1.87. The van der Waals surface area contributed by atoms with Crippen LogP contribution in [-0.4, -0.2) is 0 Å². The van der Waals surface area contributed by atoms with Gasteiger partial charge in [0.15, 0.2) is 0 Å². The van der Waals surface area contributed by atoms with Crippen molar-refractivity contribution in [3.8, 4) is 33.4 Å². The Morgan fingerprint density at radius 1 is 0.355 bits per heavy atom. The van der Waals surface area contributed by atoms with Gasteiger partial charge in [-0.3, -0.25) is 0 Å². The maximum absolute atomic E-state index is 4.19. The molecule has 10 aromatic rings. The molecular weight excluding hydrogens is 937 g/mol. The van der Waals surface area contributed by atoms with Crippen molar-refractivity contribution in [1.29, 1.82) is 0 Å². The third kappa shape index (κ3) is 6.75. The van der Waals surface area contributed by atoms with Crippen molar-refractivity contribution in [3.63, 3.8) is 0 Å². The van der Waals surface area contributed by atoms with Gasteiger partial charge in [-0.15, -0.1) is 0 Å². The van der Waals surface area contributed by atoms with E-state index in [-0.39, 0.29) is 10.8 Å². The smallest absolute Gasteiger partial charge is 0.0891 e. The lowest BCUT2D eigenvalue weighted by Gasteiger charge is -2.45. The third-order valence-electron chi connectivity index (χ3n) is 16.9. The molecule has 0 bridgehead atoms. The minimum atomic E-state index is -0.662. The summed E-state index contributed by atoms with van der Waals surface area (Å²) in [5, 5.41) is 0. The number of anilines is 5. The van der Waals surface area contributed by atoms with Crippen molar-refractivity contribution in [2.75, 3.05) is 9.80 Å². The van der Waals surface area contributed by atoms with Crippen molar-refractivity contribution >= 4 is 45.8 Å². The molecule has 0 N–H and O–H groups in total. The van der Waals surface area contributed by atoms with Crippen LogP contribution in [0.2, 0.25) is 0 Å².